The number of carboxylic acid groups (broad SMARTS) is 2. The number of rotatable bonds is 16. The molecular weight excluding hydrogens is 374 g/mol. The molecule has 0 spiro atoms. The lowest BCUT2D eigenvalue weighted by Gasteiger charge is -2.38. The maximum Gasteiger partial charge on any atom is 0.303 e. The highest BCUT2D eigenvalue weighted by atomic mass is 16.5. The van der Waals surface area contributed by atoms with E-state index < -0.39 is 23.1 Å². The number of hydrogen-bond donors (Lipinski definition) is 3. The molecule has 0 aromatic heterocycles. The van der Waals surface area contributed by atoms with Gasteiger partial charge in [0.25, 0.3) is 0 Å². The predicted octanol–water partition coefficient (Wildman–Crippen LogP) is 4.23. The molecule has 7 nitrogen and oxygen atoms in total. The van der Waals surface area contributed by atoms with E-state index in [4.69, 9.17) is 19.7 Å². The molecule has 0 heterocycles. The summed E-state index contributed by atoms with van der Waals surface area (Å²) in [4.78, 5) is 21.5. The van der Waals surface area contributed by atoms with Gasteiger partial charge in [-0.2, -0.15) is 0 Å². The van der Waals surface area contributed by atoms with Gasteiger partial charge in [-0.25, -0.2) is 0 Å². The third kappa shape index (κ3) is 15.3. The Hall–Kier alpha value is -1.18. The first-order chi connectivity index (χ1) is 13.0. The van der Waals surface area contributed by atoms with Gasteiger partial charge in [-0.05, 0) is 81.1 Å². The Labute approximate surface area is 176 Å². The quantitative estimate of drug-likeness (QED) is 0.345. The average Bonchev–Trinajstić information content (AvgIpc) is 2.49. The highest BCUT2D eigenvalue weighted by molar-refractivity contribution is 5.67. The Kier molecular flexibility index (Phi) is 10.8. The van der Waals surface area contributed by atoms with E-state index in [1.165, 1.54) is 0 Å². The molecule has 0 aliphatic rings. The molecule has 3 N–H and O–H groups in total. The van der Waals surface area contributed by atoms with Gasteiger partial charge in [-0.15, -0.1) is 0 Å². The fourth-order valence-electron chi connectivity index (χ4n) is 3.17. The van der Waals surface area contributed by atoms with Crippen LogP contribution in [0.25, 0.3) is 0 Å². The largest absolute Gasteiger partial charge is 0.481 e. The smallest absolute Gasteiger partial charge is 0.303 e. The fraction of sp³-hybridized carbons (Fsp3) is 0.909. The van der Waals surface area contributed by atoms with Crippen molar-refractivity contribution in [2.75, 3.05) is 13.2 Å². The molecular formula is C22H43NO6. The molecule has 0 saturated heterocycles. The molecule has 0 aromatic carbocycles. The van der Waals surface area contributed by atoms with Crippen LogP contribution in [0, 0.1) is 0 Å². The van der Waals surface area contributed by atoms with Crippen LogP contribution < -0.4 is 5.32 Å². The third-order valence-corrected chi connectivity index (χ3v) is 5.00. The molecule has 0 unspecified atom stereocenters. The maximum atomic E-state index is 10.7. The molecule has 172 valence electrons. The summed E-state index contributed by atoms with van der Waals surface area (Å²) in [5, 5.41) is 21.3. The number of nitrogens with one attached hydrogen (secondary N) is 1. The minimum Gasteiger partial charge on any atom is -0.481 e. The zero-order valence-corrected chi connectivity index (χ0v) is 19.7. The molecule has 7 heteroatoms. The highest BCUT2D eigenvalue weighted by Gasteiger charge is 2.29. The molecule has 0 aromatic rings. The van der Waals surface area contributed by atoms with Gasteiger partial charge in [0, 0.05) is 37.1 Å². The molecule has 0 saturated carbocycles. The first-order valence-corrected chi connectivity index (χ1v) is 10.5. The molecule has 29 heavy (non-hydrogen) atoms. The van der Waals surface area contributed by atoms with Crippen molar-refractivity contribution in [3.05, 3.63) is 0 Å². The highest BCUT2D eigenvalue weighted by Crippen LogP contribution is 2.23. The molecule has 0 aliphatic carbocycles. The van der Waals surface area contributed by atoms with Crippen LogP contribution in [0.2, 0.25) is 0 Å². The van der Waals surface area contributed by atoms with E-state index >= 15 is 0 Å². The molecule has 0 rings (SSSR count). The summed E-state index contributed by atoms with van der Waals surface area (Å²) in [5.41, 5.74) is -1.24. The topological polar surface area (TPSA) is 105 Å². The second-order valence-electron chi connectivity index (χ2n) is 10.4. The zero-order valence-electron chi connectivity index (χ0n) is 19.7. The van der Waals surface area contributed by atoms with Crippen LogP contribution in [-0.4, -0.2) is 57.6 Å². The Morgan fingerprint density at radius 1 is 0.655 bits per heavy atom. The van der Waals surface area contributed by atoms with E-state index in [0.29, 0.717) is 26.1 Å². The zero-order chi connectivity index (χ0) is 22.9. The normalized spacial score (nSPS) is 13.5. The maximum absolute atomic E-state index is 10.7. The van der Waals surface area contributed by atoms with Gasteiger partial charge in [-0.3, -0.25) is 9.59 Å². The molecule has 0 radical (unpaired) electrons. The number of ether oxygens (including phenoxy) is 2. The van der Waals surface area contributed by atoms with Crippen molar-refractivity contribution in [1.82, 2.24) is 5.32 Å². The van der Waals surface area contributed by atoms with E-state index in [0.717, 1.165) is 12.8 Å². The molecule has 0 amide bonds. The third-order valence-electron chi connectivity index (χ3n) is 5.00. The summed E-state index contributed by atoms with van der Waals surface area (Å²) < 4.78 is 11.9. The SMILES string of the molecule is CC(C)(CCOC(C)(C)CCC(=O)O)NC(C)(C)CCOC(C)(C)CCC(=O)O. The van der Waals surface area contributed by atoms with Crippen molar-refractivity contribution in [1.29, 1.82) is 0 Å². The van der Waals surface area contributed by atoms with Crippen molar-refractivity contribution in [3.8, 4) is 0 Å². The van der Waals surface area contributed by atoms with Gasteiger partial charge < -0.3 is 25.0 Å². The first kappa shape index (κ1) is 27.8. The summed E-state index contributed by atoms with van der Waals surface area (Å²) in [5.74, 6) is -1.61. The standard InChI is InChI=1S/C22H43NO6/c1-19(2,13-15-28-21(5,6)11-9-17(24)25)23-20(3,4)14-16-29-22(7,8)12-10-18(26)27/h23H,9-16H2,1-8H3,(H,24,25)(H,26,27). The molecule has 0 fully saturated rings. The summed E-state index contributed by atoms with van der Waals surface area (Å²) >= 11 is 0. The van der Waals surface area contributed by atoms with Crippen LogP contribution in [0.15, 0.2) is 0 Å². The fourth-order valence-corrected chi connectivity index (χ4v) is 3.17. The van der Waals surface area contributed by atoms with Crippen molar-refractivity contribution >= 4 is 11.9 Å². The van der Waals surface area contributed by atoms with Gasteiger partial charge in [0.05, 0.1) is 11.2 Å². The minimum absolute atomic E-state index is 0.102. The Balaban J connectivity index is 4.39. The molecule has 0 atom stereocenters. The van der Waals surface area contributed by atoms with Crippen LogP contribution in [0.1, 0.15) is 93.9 Å². The van der Waals surface area contributed by atoms with Crippen LogP contribution in [0.5, 0.6) is 0 Å². The van der Waals surface area contributed by atoms with E-state index in [1.807, 2.05) is 27.7 Å². The van der Waals surface area contributed by atoms with Crippen LogP contribution in [-0.2, 0) is 19.1 Å². The Bertz CT molecular complexity index is 479. The lowest BCUT2D eigenvalue weighted by molar-refractivity contribution is -0.139. The van der Waals surface area contributed by atoms with E-state index in [-0.39, 0.29) is 23.9 Å². The van der Waals surface area contributed by atoms with E-state index in [2.05, 4.69) is 33.0 Å². The van der Waals surface area contributed by atoms with Gasteiger partial charge >= 0.3 is 11.9 Å². The van der Waals surface area contributed by atoms with Gasteiger partial charge in [0.2, 0.25) is 0 Å². The summed E-state index contributed by atoms with van der Waals surface area (Å²) in [6, 6.07) is 0. The van der Waals surface area contributed by atoms with Gasteiger partial charge in [0.1, 0.15) is 0 Å². The van der Waals surface area contributed by atoms with E-state index in [1.54, 1.807) is 0 Å². The van der Waals surface area contributed by atoms with Crippen molar-refractivity contribution in [3.63, 3.8) is 0 Å². The van der Waals surface area contributed by atoms with Crippen LogP contribution in [0.4, 0.5) is 0 Å². The first-order valence-electron chi connectivity index (χ1n) is 10.5. The average molecular weight is 418 g/mol. The lowest BCUT2D eigenvalue weighted by Crippen LogP contribution is -2.53. The summed E-state index contributed by atoms with van der Waals surface area (Å²) in [6.07, 6.45) is 2.75. The summed E-state index contributed by atoms with van der Waals surface area (Å²) in [6.45, 7) is 17.3. The number of carbonyl (C=O) groups is 2. The van der Waals surface area contributed by atoms with E-state index in [9.17, 15) is 9.59 Å². The number of aliphatic carboxylic acids is 2. The minimum atomic E-state index is -0.807. The Morgan fingerprint density at radius 2 is 0.966 bits per heavy atom. The van der Waals surface area contributed by atoms with Gasteiger partial charge in [-0.1, -0.05) is 0 Å². The second kappa shape index (κ2) is 11.3. The lowest BCUT2D eigenvalue weighted by atomic mass is 9.92. The molecule has 0 bridgehead atoms. The van der Waals surface area contributed by atoms with Crippen molar-refractivity contribution in [2.45, 2.75) is 116 Å². The summed E-state index contributed by atoms with van der Waals surface area (Å²) in [7, 11) is 0. The number of carboxylic acids is 2. The van der Waals surface area contributed by atoms with Crippen molar-refractivity contribution < 1.29 is 29.3 Å². The van der Waals surface area contributed by atoms with Crippen LogP contribution in [0.3, 0.4) is 0 Å². The second-order valence-corrected chi connectivity index (χ2v) is 10.4. The monoisotopic (exact) mass is 417 g/mol. The Morgan fingerprint density at radius 3 is 1.24 bits per heavy atom. The molecule has 0 aliphatic heterocycles. The van der Waals surface area contributed by atoms with Gasteiger partial charge in [0.15, 0.2) is 0 Å². The predicted molar refractivity (Wildman–Crippen MR) is 114 cm³/mol. The van der Waals surface area contributed by atoms with Crippen LogP contribution >= 0.6 is 0 Å². The van der Waals surface area contributed by atoms with Crippen molar-refractivity contribution in [2.24, 2.45) is 0 Å². The number of hydrogen-bond acceptors (Lipinski definition) is 5.